The van der Waals surface area contributed by atoms with E-state index >= 15 is 0 Å². The maximum absolute atomic E-state index is 14.0. The lowest BCUT2D eigenvalue weighted by molar-refractivity contribution is 0.0993. The lowest BCUT2D eigenvalue weighted by Gasteiger charge is -2.26. The van der Waals surface area contributed by atoms with Crippen molar-refractivity contribution < 1.29 is 28.5 Å². The zero-order valence-electron chi connectivity index (χ0n) is 27.1. The van der Waals surface area contributed by atoms with Crippen LogP contribution in [0.3, 0.4) is 0 Å². The Labute approximate surface area is 283 Å². The van der Waals surface area contributed by atoms with Crippen molar-refractivity contribution >= 4 is 45.3 Å². The maximum Gasteiger partial charge on any atom is 0.196 e. The van der Waals surface area contributed by atoms with E-state index < -0.39 is 0 Å². The minimum Gasteiger partial charge on any atom is -0.497 e. The van der Waals surface area contributed by atoms with Crippen LogP contribution in [0.25, 0.3) is 33.7 Å². The van der Waals surface area contributed by atoms with Gasteiger partial charge in [0.2, 0.25) is 0 Å². The maximum atomic E-state index is 14.0. The van der Waals surface area contributed by atoms with Crippen LogP contribution in [0.4, 0.5) is 0 Å². The molecule has 0 amide bonds. The van der Waals surface area contributed by atoms with Gasteiger partial charge in [0, 0.05) is 28.7 Å². The largest absolute Gasteiger partial charge is 0.497 e. The van der Waals surface area contributed by atoms with Gasteiger partial charge in [0.25, 0.3) is 0 Å². The molecule has 0 aliphatic carbocycles. The highest BCUT2D eigenvalue weighted by molar-refractivity contribution is 6.17. The number of rotatable bonds is 6. The molecule has 0 N–H and O–H groups in total. The van der Waals surface area contributed by atoms with Gasteiger partial charge >= 0.3 is 0 Å². The van der Waals surface area contributed by atoms with Crippen molar-refractivity contribution in [3.63, 3.8) is 0 Å². The van der Waals surface area contributed by atoms with Crippen molar-refractivity contribution in [2.75, 3.05) is 27.4 Å². The number of carbonyl (C=O) groups excluding carboxylic acids is 2. The van der Waals surface area contributed by atoms with Gasteiger partial charge in [0.05, 0.1) is 25.3 Å². The van der Waals surface area contributed by atoms with Gasteiger partial charge in [0.1, 0.15) is 36.2 Å². The molecule has 6 aromatic carbocycles. The lowest BCUT2D eigenvalue weighted by Crippen LogP contribution is -2.22. The number of hydrogen-bond donors (Lipinski definition) is 0. The number of Topliss-reactive ketones (excluding diaryl/α,β-unsaturated/α-hetero) is 2. The first kappa shape index (κ1) is 30.2. The Morgan fingerprint density at radius 2 is 0.980 bits per heavy atom. The van der Waals surface area contributed by atoms with Crippen LogP contribution in [-0.4, -0.2) is 39.0 Å². The normalized spacial score (nSPS) is 15.6. The van der Waals surface area contributed by atoms with Gasteiger partial charge in [-0.05, 0) is 81.2 Å². The molecule has 6 aromatic rings. The van der Waals surface area contributed by atoms with Gasteiger partial charge in [-0.25, -0.2) is 0 Å². The van der Waals surface area contributed by atoms with E-state index in [1.165, 1.54) is 0 Å². The van der Waals surface area contributed by atoms with Crippen molar-refractivity contribution in [2.24, 2.45) is 0 Å². The van der Waals surface area contributed by atoms with Crippen molar-refractivity contribution in [1.82, 2.24) is 0 Å². The van der Waals surface area contributed by atoms with Gasteiger partial charge in [-0.1, -0.05) is 72.8 Å². The summed E-state index contributed by atoms with van der Waals surface area (Å²) in [6, 6.07) is 35.1. The predicted molar refractivity (Wildman–Crippen MR) is 192 cm³/mol. The quantitative estimate of drug-likeness (QED) is 0.169. The summed E-state index contributed by atoms with van der Waals surface area (Å²) < 4.78 is 23.5. The molecule has 0 unspecified atom stereocenters. The monoisotopic (exact) mass is 644 g/mol. The molecule has 6 nitrogen and oxygen atoms in total. The van der Waals surface area contributed by atoms with E-state index in [1.807, 2.05) is 109 Å². The molecule has 2 aliphatic rings. The summed E-state index contributed by atoms with van der Waals surface area (Å²) in [6.07, 6.45) is 4.15. The SMILES string of the molecule is COc1ccc(/C=C2\COc3c(cc4ccccc4c3Cc3c4c(cc5ccccc35)C(=O)/C(=C/c3ccc(OC)cc3)CO4)C2=O)cc1. The zero-order valence-corrected chi connectivity index (χ0v) is 27.1. The molecule has 49 heavy (non-hydrogen) atoms. The lowest BCUT2D eigenvalue weighted by atomic mass is 9.86. The van der Waals surface area contributed by atoms with E-state index in [4.69, 9.17) is 18.9 Å². The smallest absolute Gasteiger partial charge is 0.196 e. The van der Waals surface area contributed by atoms with Crippen molar-refractivity contribution in [3.05, 3.63) is 154 Å². The number of carbonyl (C=O) groups is 2. The first-order valence-corrected chi connectivity index (χ1v) is 16.1. The zero-order chi connectivity index (χ0) is 33.5. The average Bonchev–Trinajstić information content (AvgIpc) is 3.14. The average molecular weight is 645 g/mol. The molecule has 0 aromatic heterocycles. The Morgan fingerprint density at radius 3 is 1.39 bits per heavy atom. The molecule has 0 spiro atoms. The summed E-state index contributed by atoms with van der Waals surface area (Å²) >= 11 is 0. The molecule has 6 heteroatoms. The summed E-state index contributed by atoms with van der Waals surface area (Å²) in [7, 11) is 3.25. The number of methoxy groups -OCH3 is 2. The summed E-state index contributed by atoms with van der Waals surface area (Å²) in [6.45, 7) is 0.288. The van der Waals surface area contributed by atoms with Crippen LogP contribution in [-0.2, 0) is 6.42 Å². The third-order valence-electron chi connectivity index (χ3n) is 9.29. The van der Waals surface area contributed by atoms with Gasteiger partial charge in [-0.2, -0.15) is 0 Å². The van der Waals surface area contributed by atoms with Gasteiger partial charge in [0.15, 0.2) is 11.6 Å². The van der Waals surface area contributed by atoms with Crippen molar-refractivity contribution in [3.8, 4) is 23.0 Å². The molecular formula is C43H32O6. The molecule has 0 bridgehead atoms. The van der Waals surface area contributed by atoms with Crippen LogP contribution in [0.2, 0.25) is 0 Å². The fraction of sp³-hybridized carbons (Fsp3) is 0.116. The minimum absolute atomic E-state index is 0.0660. The number of benzene rings is 6. The van der Waals surface area contributed by atoms with E-state index in [0.717, 1.165) is 55.3 Å². The second-order valence-electron chi connectivity index (χ2n) is 12.2. The molecular weight excluding hydrogens is 612 g/mol. The third-order valence-corrected chi connectivity index (χ3v) is 9.29. The molecule has 8 rings (SSSR count). The van der Waals surface area contributed by atoms with E-state index in [2.05, 4.69) is 12.1 Å². The fourth-order valence-corrected chi connectivity index (χ4v) is 6.80. The standard InChI is InChI=1S/C43H32O6/c1-46-32-15-11-26(12-16-32)19-30-24-48-42-36(34-9-5-3-7-28(34)21-38(42)40(30)44)23-37-35-10-6-4-8-29(35)22-39-41(45)31(25-49-43(37)39)20-27-13-17-33(47-2)18-14-27/h3-22H,23-25H2,1-2H3/b30-19+,31-20+. The number of fused-ring (bicyclic) bond motifs is 4. The van der Waals surface area contributed by atoms with E-state index in [-0.39, 0.29) is 24.8 Å². The molecule has 2 heterocycles. The molecule has 0 fully saturated rings. The highest BCUT2D eigenvalue weighted by atomic mass is 16.5. The molecule has 0 atom stereocenters. The van der Waals surface area contributed by atoms with Gasteiger partial charge in [-0.15, -0.1) is 0 Å². The van der Waals surface area contributed by atoms with Crippen LogP contribution in [0.1, 0.15) is 43.0 Å². The summed E-state index contributed by atoms with van der Waals surface area (Å²) in [5, 5.41) is 3.85. The first-order chi connectivity index (χ1) is 24.0. The van der Waals surface area contributed by atoms with E-state index in [0.29, 0.717) is 40.2 Å². The Morgan fingerprint density at radius 1 is 0.571 bits per heavy atom. The van der Waals surface area contributed by atoms with Crippen LogP contribution < -0.4 is 18.9 Å². The van der Waals surface area contributed by atoms with Crippen molar-refractivity contribution in [2.45, 2.75) is 6.42 Å². The topological polar surface area (TPSA) is 71.1 Å². The highest BCUT2D eigenvalue weighted by Gasteiger charge is 2.31. The van der Waals surface area contributed by atoms with E-state index in [1.54, 1.807) is 14.2 Å². The Kier molecular flexibility index (Phi) is 7.69. The Bertz CT molecular complexity index is 2180. The summed E-state index contributed by atoms with van der Waals surface area (Å²) in [5.41, 5.74) is 5.76. The van der Waals surface area contributed by atoms with Crippen LogP contribution in [0.5, 0.6) is 23.0 Å². The van der Waals surface area contributed by atoms with Gasteiger partial charge < -0.3 is 18.9 Å². The number of ether oxygens (including phenoxy) is 4. The van der Waals surface area contributed by atoms with Crippen LogP contribution >= 0.6 is 0 Å². The fourth-order valence-electron chi connectivity index (χ4n) is 6.80. The highest BCUT2D eigenvalue weighted by Crippen LogP contribution is 2.43. The van der Waals surface area contributed by atoms with Crippen molar-refractivity contribution in [1.29, 1.82) is 0 Å². The summed E-state index contributed by atoms with van der Waals surface area (Å²) in [5.74, 6) is 2.51. The molecule has 240 valence electrons. The Balaban J connectivity index is 1.23. The van der Waals surface area contributed by atoms with Gasteiger partial charge in [-0.3, -0.25) is 9.59 Å². The summed E-state index contributed by atoms with van der Waals surface area (Å²) in [4.78, 5) is 28.1. The first-order valence-electron chi connectivity index (χ1n) is 16.1. The molecule has 2 aliphatic heterocycles. The predicted octanol–water partition coefficient (Wildman–Crippen LogP) is 8.92. The van der Waals surface area contributed by atoms with Crippen LogP contribution in [0, 0.1) is 0 Å². The van der Waals surface area contributed by atoms with Crippen LogP contribution in [0.15, 0.2) is 120 Å². The third kappa shape index (κ3) is 5.51. The molecule has 0 radical (unpaired) electrons. The molecule has 0 saturated heterocycles. The number of hydrogen-bond acceptors (Lipinski definition) is 6. The number of ketones is 2. The second kappa shape index (κ2) is 12.5. The minimum atomic E-state index is -0.0660. The Hall–Kier alpha value is -6.14. The molecule has 0 saturated carbocycles. The second-order valence-corrected chi connectivity index (χ2v) is 12.2. The van der Waals surface area contributed by atoms with E-state index in [9.17, 15) is 9.59 Å².